The van der Waals surface area contributed by atoms with Crippen LogP contribution in [0.15, 0.2) is 77.0 Å². The fraction of sp³-hybridized carbons (Fsp3) is 0.231. The van der Waals surface area contributed by atoms with Gasteiger partial charge >= 0.3 is 0 Å². The molecule has 0 atom stereocenters. The molecule has 0 unspecified atom stereocenters. The van der Waals surface area contributed by atoms with E-state index in [4.69, 9.17) is 0 Å². The van der Waals surface area contributed by atoms with Crippen molar-refractivity contribution in [2.24, 2.45) is 0 Å². The maximum Gasteiger partial charge on any atom is 0.0532 e. The smallest absolute Gasteiger partial charge is 0.0532 e. The van der Waals surface area contributed by atoms with Gasteiger partial charge in [-0.15, -0.1) is 0 Å². The average Bonchev–Trinajstić information content (AvgIpc) is 2.71. The first-order chi connectivity index (χ1) is 13.8. The molecule has 1 N–H and O–H groups in total. The Morgan fingerprint density at radius 2 is 1.43 bits per heavy atom. The van der Waals surface area contributed by atoms with Crippen molar-refractivity contribution in [3.63, 3.8) is 0 Å². The minimum absolute atomic E-state index is 1.11. The quantitative estimate of drug-likeness (QED) is 0.382. The van der Waals surface area contributed by atoms with Gasteiger partial charge in [-0.3, -0.25) is 0 Å². The van der Waals surface area contributed by atoms with Crippen molar-refractivity contribution < 1.29 is 0 Å². The standard InChI is InChI=1S/C26H25NS/c1-18(20-13-12-19-8-4-2-3-5-9-22(19)16-20)21-14-15-26-24(17-21)27-23-10-6-7-11-25(23)28-26/h6-7,10-17,27H,1-5,8-9H2. The first kappa shape index (κ1) is 17.6. The maximum atomic E-state index is 4.44. The largest absolute Gasteiger partial charge is 0.354 e. The van der Waals surface area contributed by atoms with E-state index in [0.717, 1.165) is 5.57 Å². The van der Waals surface area contributed by atoms with Crippen molar-refractivity contribution in [1.29, 1.82) is 0 Å². The molecule has 28 heavy (non-hydrogen) atoms. The van der Waals surface area contributed by atoms with E-state index in [1.807, 2.05) is 11.8 Å². The van der Waals surface area contributed by atoms with Gasteiger partial charge in [0.15, 0.2) is 0 Å². The summed E-state index contributed by atoms with van der Waals surface area (Å²) in [4.78, 5) is 2.55. The Labute approximate surface area is 171 Å². The van der Waals surface area contributed by atoms with Crippen molar-refractivity contribution in [2.45, 2.75) is 48.3 Å². The molecule has 0 fully saturated rings. The van der Waals surface area contributed by atoms with Gasteiger partial charge in [-0.2, -0.15) is 0 Å². The minimum atomic E-state index is 1.11. The zero-order valence-corrected chi connectivity index (χ0v) is 16.9. The molecule has 1 heterocycles. The number of benzene rings is 3. The maximum absolute atomic E-state index is 4.44. The van der Waals surface area contributed by atoms with E-state index >= 15 is 0 Å². The molecule has 3 aromatic carbocycles. The second kappa shape index (κ2) is 7.52. The molecule has 2 heteroatoms. The van der Waals surface area contributed by atoms with Crippen LogP contribution in [0.5, 0.6) is 0 Å². The van der Waals surface area contributed by atoms with Gasteiger partial charge in [0, 0.05) is 9.79 Å². The van der Waals surface area contributed by atoms with Crippen molar-refractivity contribution in [2.75, 3.05) is 5.32 Å². The summed E-state index contributed by atoms with van der Waals surface area (Å²) in [6.45, 7) is 4.44. The van der Waals surface area contributed by atoms with Gasteiger partial charge in [0.2, 0.25) is 0 Å². The van der Waals surface area contributed by atoms with E-state index in [1.165, 1.54) is 81.9 Å². The fourth-order valence-electron chi connectivity index (χ4n) is 4.27. The molecule has 0 spiro atoms. The fourth-order valence-corrected chi connectivity index (χ4v) is 5.24. The third-order valence-corrected chi connectivity index (χ3v) is 7.05. The van der Waals surface area contributed by atoms with E-state index in [9.17, 15) is 0 Å². The van der Waals surface area contributed by atoms with Gasteiger partial charge < -0.3 is 5.32 Å². The predicted molar refractivity (Wildman–Crippen MR) is 121 cm³/mol. The van der Waals surface area contributed by atoms with E-state index in [-0.39, 0.29) is 0 Å². The highest BCUT2D eigenvalue weighted by molar-refractivity contribution is 7.99. The summed E-state index contributed by atoms with van der Waals surface area (Å²) < 4.78 is 0. The summed E-state index contributed by atoms with van der Waals surface area (Å²) in [5.74, 6) is 0. The molecule has 5 rings (SSSR count). The molecular weight excluding hydrogens is 358 g/mol. The van der Waals surface area contributed by atoms with Crippen LogP contribution in [0.4, 0.5) is 11.4 Å². The Balaban J connectivity index is 1.44. The van der Waals surface area contributed by atoms with E-state index in [0.29, 0.717) is 0 Å². The van der Waals surface area contributed by atoms with Gasteiger partial charge in [-0.1, -0.05) is 67.6 Å². The lowest BCUT2D eigenvalue weighted by atomic mass is 9.89. The summed E-state index contributed by atoms with van der Waals surface area (Å²) in [6, 6.07) is 22.1. The summed E-state index contributed by atoms with van der Waals surface area (Å²) in [6.07, 6.45) is 7.79. The summed E-state index contributed by atoms with van der Waals surface area (Å²) in [5.41, 5.74) is 8.98. The van der Waals surface area contributed by atoms with Gasteiger partial charge in [0.1, 0.15) is 0 Å². The van der Waals surface area contributed by atoms with Crippen LogP contribution >= 0.6 is 11.8 Å². The van der Waals surface area contributed by atoms with Crippen LogP contribution in [0, 0.1) is 0 Å². The number of nitrogens with one attached hydrogen (secondary N) is 1. The lowest BCUT2D eigenvalue weighted by molar-refractivity contribution is 0.617. The van der Waals surface area contributed by atoms with E-state index in [2.05, 4.69) is 72.6 Å². The summed E-state index contributed by atoms with van der Waals surface area (Å²) >= 11 is 1.83. The third-order valence-electron chi connectivity index (χ3n) is 5.90. The third kappa shape index (κ3) is 3.38. The lowest BCUT2D eigenvalue weighted by Gasteiger charge is -2.22. The molecule has 0 saturated heterocycles. The molecule has 1 aliphatic carbocycles. The first-order valence-electron chi connectivity index (χ1n) is 10.3. The van der Waals surface area contributed by atoms with Gasteiger partial charge in [0.05, 0.1) is 11.4 Å². The number of aryl methyl sites for hydroxylation is 2. The Kier molecular flexibility index (Phi) is 4.74. The molecule has 0 bridgehead atoms. The van der Waals surface area contributed by atoms with Gasteiger partial charge in [-0.05, 0) is 77.8 Å². The molecule has 140 valence electrons. The summed E-state index contributed by atoms with van der Waals surface area (Å²) in [5, 5.41) is 3.59. The minimum Gasteiger partial charge on any atom is -0.354 e. The molecule has 3 aromatic rings. The number of rotatable bonds is 2. The van der Waals surface area contributed by atoms with E-state index < -0.39 is 0 Å². The Morgan fingerprint density at radius 3 is 2.32 bits per heavy atom. The number of anilines is 2. The zero-order valence-electron chi connectivity index (χ0n) is 16.1. The molecule has 0 amide bonds. The number of para-hydroxylation sites is 1. The second-order valence-corrected chi connectivity index (χ2v) is 8.89. The van der Waals surface area contributed by atoms with Crippen molar-refractivity contribution >= 4 is 28.7 Å². The molecule has 1 aliphatic heterocycles. The SMILES string of the molecule is C=C(c1ccc2c(c1)CCCCCC2)c1ccc2c(c1)Nc1ccccc1S2. The highest BCUT2D eigenvalue weighted by Crippen LogP contribution is 2.45. The lowest BCUT2D eigenvalue weighted by Crippen LogP contribution is -2.02. The van der Waals surface area contributed by atoms with E-state index in [1.54, 1.807) is 0 Å². The molecule has 0 aromatic heterocycles. The Morgan fingerprint density at radius 1 is 0.714 bits per heavy atom. The van der Waals surface area contributed by atoms with Crippen LogP contribution in [0.25, 0.3) is 5.57 Å². The molecule has 0 saturated carbocycles. The summed E-state index contributed by atoms with van der Waals surface area (Å²) in [7, 11) is 0. The van der Waals surface area contributed by atoms with Crippen LogP contribution in [-0.4, -0.2) is 0 Å². The average molecular weight is 384 g/mol. The topological polar surface area (TPSA) is 12.0 Å². The van der Waals surface area contributed by atoms with Gasteiger partial charge in [-0.25, -0.2) is 0 Å². The van der Waals surface area contributed by atoms with Crippen molar-refractivity contribution in [3.8, 4) is 0 Å². The monoisotopic (exact) mass is 383 g/mol. The molecular formula is C26H25NS. The van der Waals surface area contributed by atoms with Crippen molar-refractivity contribution in [3.05, 3.63) is 89.5 Å². The zero-order chi connectivity index (χ0) is 18.9. The van der Waals surface area contributed by atoms with Crippen molar-refractivity contribution in [1.82, 2.24) is 0 Å². The Bertz CT molecular complexity index is 1050. The van der Waals surface area contributed by atoms with Crippen LogP contribution < -0.4 is 5.32 Å². The molecule has 1 nitrogen and oxygen atoms in total. The normalized spacial score (nSPS) is 15.3. The Hall–Kier alpha value is -2.45. The predicted octanol–water partition coefficient (Wildman–Crippen LogP) is 7.62. The molecule has 0 radical (unpaired) electrons. The van der Waals surface area contributed by atoms with Crippen LogP contribution in [0.3, 0.4) is 0 Å². The van der Waals surface area contributed by atoms with Crippen LogP contribution in [0.1, 0.15) is 47.9 Å². The highest BCUT2D eigenvalue weighted by atomic mass is 32.2. The number of hydrogen-bond donors (Lipinski definition) is 1. The highest BCUT2D eigenvalue weighted by Gasteiger charge is 2.17. The van der Waals surface area contributed by atoms with Gasteiger partial charge in [0.25, 0.3) is 0 Å². The van der Waals surface area contributed by atoms with Crippen LogP contribution in [0.2, 0.25) is 0 Å². The first-order valence-corrected chi connectivity index (χ1v) is 11.1. The molecule has 2 aliphatic rings. The number of fused-ring (bicyclic) bond motifs is 3. The second-order valence-electron chi connectivity index (χ2n) is 7.81. The van der Waals surface area contributed by atoms with Crippen LogP contribution in [-0.2, 0) is 12.8 Å². The number of hydrogen-bond acceptors (Lipinski definition) is 2.